The predicted octanol–water partition coefficient (Wildman–Crippen LogP) is -5.03. The normalized spacial score (nSPS) is 13.7. The van der Waals surface area contributed by atoms with Gasteiger partial charge in [0.05, 0.1) is 6.04 Å². The van der Waals surface area contributed by atoms with E-state index >= 15 is 0 Å². The zero-order chi connectivity index (χ0) is 38.1. The van der Waals surface area contributed by atoms with Crippen molar-refractivity contribution in [2.24, 2.45) is 55.9 Å². The highest BCUT2D eigenvalue weighted by molar-refractivity contribution is 5.95. The molecule has 0 aliphatic rings. The molecule has 0 aromatic heterocycles. The summed E-state index contributed by atoms with van der Waals surface area (Å²) in [6.07, 6.45) is 2.63. The second kappa shape index (κ2) is 26.2. The number of carboxylic acids is 1. The standard InChI is InChI=1S/C29H58N14O7/c30-13-3-1-7-17(32)23(45)40-19(9-5-15-38-28(34)35)25(47)41-18(8-2-4-14-31)24(46)42-20(10-6-16-39-29(36)37)26(48)43-21(27(49)50)11-12-22(33)44/h17-21H,1-16,30-32H2,(H2,33,44)(H,40,45)(H,41,47)(H,42,46)(H,43,48)(H,49,50)(H4,34,35,38)(H4,36,37,39)/t17-,18-,19-,20-,21-/m0/s1. The minimum absolute atomic E-state index is 0.0223. The van der Waals surface area contributed by atoms with Crippen molar-refractivity contribution in [3.63, 3.8) is 0 Å². The fourth-order valence-electron chi connectivity index (χ4n) is 4.59. The Kier molecular flexibility index (Phi) is 23.7. The van der Waals surface area contributed by atoms with E-state index in [2.05, 4.69) is 31.3 Å². The number of nitrogens with two attached hydrogens (primary N) is 8. The first-order valence-corrected chi connectivity index (χ1v) is 16.6. The van der Waals surface area contributed by atoms with Crippen molar-refractivity contribution >= 4 is 47.4 Å². The molecule has 0 aliphatic carbocycles. The first-order valence-electron chi connectivity index (χ1n) is 16.6. The molecule has 21 N–H and O–H groups in total. The monoisotopic (exact) mass is 714 g/mol. The van der Waals surface area contributed by atoms with Gasteiger partial charge in [0, 0.05) is 19.5 Å². The molecule has 0 spiro atoms. The van der Waals surface area contributed by atoms with Crippen LogP contribution >= 0.6 is 0 Å². The largest absolute Gasteiger partial charge is 0.480 e. The Balaban J connectivity index is 6.14. The van der Waals surface area contributed by atoms with E-state index in [9.17, 15) is 33.9 Å². The summed E-state index contributed by atoms with van der Waals surface area (Å²) >= 11 is 0. The fourth-order valence-corrected chi connectivity index (χ4v) is 4.59. The molecule has 0 saturated heterocycles. The zero-order valence-electron chi connectivity index (χ0n) is 28.6. The maximum atomic E-state index is 13.7. The number of hydrogen-bond donors (Lipinski definition) is 13. The number of unbranched alkanes of at least 4 members (excludes halogenated alkanes) is 2. The predicted molar refractivity (Wildman–Crippen MR) is 187 cm³/mol. The Morgan fingerprint density at radius 1 is 0.520 bits per heavy atom. The van der Waals surface area contributed by atoms with Crippen molar-refractivity contribution < 1.29 is 33.9 Å². The molecule has 21 nitrogen and oxygen atoms in total. The molecule has 0 aliphatic heterocycles. The van der Waals surface area contributed by atoms with Gasteiger partial charge in [-0.05, 0) is 77.3 Å². The number of rotatable bonds is 28. The van der Waals surface area contributed by atoms with Gasteiger partial charge in [0.15, 0.2) is 11.9 Å². The number of nitrogens with zero attached hydrogens (tertiary/aromatic N) is 2. The summed E-state index contributed by atoms with van der Waals surface area (Å²) in [7, 11) is 0. The molecule has 0 heterocycles. The highest BCUT2D eigenvalue weighted by atomic mass is 16.4. The van der Waals surface area contributed by atoms with E-state index in [4.69, 9.17) is 45.9 Å². The molecule has 0 saturated carbocycles. The van der Waals surface area contributed by atoms with Crippen LogP contribution < -0.4 is 67.1 Å². The van der Waals surface area contributed by atoms with E-state index < -0.39 is 65.7 Å². The third kappa shape index (κ3) is 21.3. The van der Waals surface area contributed by atoms with Crippen LogP contribution in [0, 0.1) is 0 Å². The number of aliphatic imine (C=N–C) groups is 2. The molecule has 0 fully saturated rings. The van der Waals surface area contributed by atoms with Gasteiger partial charge in [-0.25, -0.2) is 4.79 Å². The summed E-state index contributed by atoms with van der Waals surface area (Å²) in [5.74, 6) is -5.40. The molecule has 21 heteroatoms. The summed E-state index contributed by atoms with van der Waals surface area (Å²) in [5, 5.41) is 19.8. The van der Waals surface area contributed by atoms with Crippen molar-refractivity contribution in [3.05, 3.63) is 0 Å². The number of carbonyl (C=O) groups is 6. The highest BCUT2D eigenvalue weighted by Crippen LogP contribution is 2.09. The number of guanidine groups is 2. The summed E-state index contributed by atoms with van der Waals surface area (Å²) in [4.78, 5) is 84.1. The van der Waals surface area contributed by atoms with E-state index in [1.165, 1.54) is 0 Å². The molecule has 0 rings (SSSR count). The van der Waals surface area contributed by atoms with Crippen molar-refractivity contribution in [2.45, 2.75) is 107 Å². The van der Waals surface area contributed by atoms with Crippen LogP contribution in [-0.2, 0) is 28.8 Å². The van der Waals surface area contributed by atoms with Crippen molar-refractivity contribution in [1.29, 1.82) is 0 Å². The summed E-state index contributed by atoms with van der Waals surface area (Å²) in [5.41, 5.74) is 43.9. The van der Waals surface area contributed by atoms with E-state index in [0.717, 1.165) is 0 Å². The maximum Gasteiger partial charge on any atom is 0.326 e. The maximum absolute atomic E-state index is 13.7. The van der Waals surface area contributed by atoms with Crippen LogP contribution in [0.5, 0.6) is 0 Å². The average Bonchev–Trinajstić information content (AvgIpc) is 3.04. The Hall–Kier alpha value is -4.76. The topological polar surface area (TPSA) is 404 Å². The molecule has 0 unspecified atom stereocenters. The second-order valence-electron chi connectivity index (χ2n) is 11.7. The lowest BCUT2D eigenvalue weighted by atomic mass is 10.0. The Labute approximate surface area is 291 Å². The van der Waals surface area contributed by atoms with Crippen LogP contribution in [0.15, 0.2) is 9.98 Å². The van der Waals surface area contributed by atoms with Crippen molar-refractivity contribution in [1.82, 2.24) is 21.3 Å². The van der Waals surface area contributed by atoms with Gasteiger partial charge in [0.1, 0.15) is 24.2 Å². The number of nitrogens with one attached hydrogen (secondary N) is 4. The van der Waals surface area contributed by atoms with Crippen LogP contribution in [0.3, 0.4) is 0 Å². The van der Waals surface area contributed by atoms with Crippen LogP contribution in [0.4, 0.5) is 0 Å². The first kappa shape index (κ1) is 45.2. The molecular weight excluding hydrogens is 656 g/mol. The van der Waals surface area contributed by atoms with Gasteiger partial charge in [-0.2, -0.15) is 0 Å². The van der Waals surface area contributed by atoms with E-state index in [1.54, 1.807) is 0 Å². The smallest absolute Gasteiger partial charge is 0.326 e. The van der Waals surface area contributed by atoms with E-state index in [0.29, 0.717) is 51.6 Å². The number of carboxylic acid groups (broad SMARTS) is 1. The van der Waals surface area contributed by atoms with Gasteiger partial charge in [0.25, 0.3) is 0 Å². The summed E-state index contributed by atoms with van der Waals surface area (Å²) < 4.78 is 0. The quantitative estimate of drug-likeness (QED) is 0.0205. The SMILES string of the molecule is NCCCC[C@H](NC(=O)[C@H](CCCN=C(N)N)NC(=O)[C@@H](N)CCCCN)C(=O)N[C@@H](CCCN=C(N)N)C(=O)N[C@@H](CCC(N)=O)C(=O)O. The highest BCUT2D eigenvalue weighted by Gasteiger charge is 2.31. The molecule has 0 bridgehead atoms. The number of carbonyl (C=O) groups excluding carboxylic acids is 5. The Bertz CT molecular complexity index is 1150. The first-order chi connectivity index (χ1) is 23.6. The molecule has 0 radical (unpaired) electrons. The minimum Gasteiger partial charge on any atom is -0.480 e. The fraction of sp³-hybridized carbons (Fsp3) is 0.724. The molecule has 50 heavy (non-hydrogen) atoms. The Morgan fingerprint density at radius 2 is 0.900 bits per heavy atom. The third-order valence-electron chi connectivity index (χ3n) is 7.34. The van der Waals surface area contributed by atoms with Gasteiger partial charge in [0.2, 0.25) is 29.5 Å². The van der Waals surface area contributed by atoms with Crippen molar-refractivity contribution in [3.8, 4) is 0 Å². The summed E-state index contributed by atoms with van der Waals surface area (Å²) in [6.45, 7) is 1.01. The van der Waals surface area contributed by atoms with Gasteiger partial charge >= 0.3 is 5.97 Å². The van der Waals surface area contributed by atoms with Crippen LogP contribution in [0.1, 0.15) is 77.0 Å². The second-order valence-corrected chi connectivity index (χ2v) is 11.7. The van der Waals surface area contributed by atoms with Crippen molar-refractivity contribution in [2.75, 3.05) is 26.2 Å². The van der Waals surface area contributed by atoms with Gasteiger partial charge < -0.3 is 72.2 Å². The average molecular weight is 715 g/mol. The molecule has 0 aromatic carbocycles. The van der Waals surface area contributed by atoms with Gasteiger partial charge in [-0.15, -0.1) is 0 Å². The van der Waals surface area contributed by atoms with Crippen LogP contribution in [0.2, 0.25) is 0 Å². The molecule has 5 atom stereocenters. The van der Waals surface area contributed by atoms with Gasteiger partial charge in [-0.1, -0.05) is 6.42 Å². The lowest BCUT2D eigenvalue weighted by Gasteiger charge is -2.26. The lowest BCUT2D eigenvalue weighted by Crippen LogP contribution is -2.58. The molecular formula is C29H58N14O7. The lowest BCUT2D eigenvalue weighted by molar-refractivity contribution is -0.142. The van der Waals surface area contributed by atoms with Crippen LogP contribution in [-0.4, -0.2) is 109 Å². The molecule has 5 amide bonds. The Morgan fingerprint density at radius 3 is 1.28 bits per heavy atom. The number of primary amides is 1. The zero-order valence-corrected chi connectivity index (χ0v) is 28.6. The third-order valence-corrected chi connectivity index (χ3v) is 7.34. The summed E-state index contributed by atoms with van der Waals surface area (Å²) in [6, 6.07) is -5.99. The molecule has 286 valence electrons. The minimum atomic E-state index is -1.47. The molecule has 0 aromatic rings. The van der Waals surface area contributed by atoms with Gasteiger partial charge in [-0.3, -0.25) is 34.0 Å². The van der Waals surface area contributed by atoms with E-state index in [1.807, 2.05) is 0 Å². The van der Waals surface area contributed by atoms with Crippen LogP contribution in [0.25, 0.3) is 0 Å². The number of amides is 5. The van der Waals surface area contributed by atoms with E-state index in [-0.39, 0.29) is 63.5 Å². The number of hydrogen-bond acceptors (Lipinski definition) is 11. The number of aliphatic carboxylic acids is 1.